The summed E-state index contributed by atoms with van der Waals surface area (Å²) in [5.74, 6) is -21.7. The number of aliphatic carboxylic acids is 1. The Balaban J connectivity index is 2.45. The lowest BCUT2D eigenvalue weighted by atomic mass is 9.97. The molecule has 0 fully saturated rings. The number of rotatable bonds is 69. The van der Waals surface area contributed by atoms with Crippen LogP contribution in [0.3, 0.4) is 0 Å². The number of aliphatic hydroxyl groups is 1. The van der Waals surface area contributed by atoms with Gasteiger partial charge in [0.15, 0.2) is 23.8 Å². The van der Waals surface area contributed by atoms with Gasteiger partial charge in [0.05, 0.1) is 38.3 Å². The number of hydrogen-bond acceptors (Lipinski definition) is 27. The van der Waals surface area contributed by atoms with Crippen LogP contribution < -0.4 is 146 Å². The molecule has 16 atom stereocenters. The van der Waals surface area contributed by atoms with Crippen molar-refractivity contribution < 1.29 is 106 Å². The van der Waals surface area contributed by atoms with E-state index in [1.54, 1.807) is 83.1 Å². The van der Waals surface area contributed by atoms with Gasteiger partial charge in [-0.3, -0.25) is 108 Å². The zero-order chi connectivity index (χ0) is 111. The first-order valence-corrected chi connectivity index (χ1v) is 48.9. The number of carbonyl (C=O) groups is 19. The van der Waals surface area contributed by atoms with Crippen LogP contribution in [0.25, 0.3) is 0 Å². The fraction of sp³-hybridized carbons (Fsp3) is 0.652. The molecule has 0 unspecified atom stereocenters. The second-order valence-electron chi connectivity index (χ2n) is 38.2. The van der Waals surface area contributed by atoms with E-state index < -0.39 is 259 Å². The smallest absolute Gasteiger partial charge is 0.326 e. The summed E-state index contributed by atoms with van der Waals surface area (Å²) in [7, 11) is 0. The number of H-pyrrole nitrogens is 1. The zero-order valence-electron chi connectivity index (χ0n) is 86.4. The van der Waals surface area contributed by atoms with Crippen molar-refractivity contribution in [2.45, 2.75) is 297 Å². The minimum atomic E-state index is -1.71. The minimum Gasteiger partial charge on any atom is -0.508 e. The van der Waals surface area contributed by atoms with E-state index in [0.29, 0.717) is 11.3 Å². The predicted octanol–water partition coefficient (Wildman–Crippen LogP) is -8.08. The number of guanidine groups is 4. The molecule has 1 heterocycles. The number of carbonyl (C=O) groups excluding carboxylic acids is 18. The van der Waals surface area contributed by atoms with E-state index in [1.165, 1.54) is 57.6 Å². The number of phenolic OH excluding ortho intramolecular Hbond substituents is 1. The lowest BCUT2D eigenvalue weighted by Crippen LogP contribution is -2.61. The Morgan fingerprint density at radius 3 is 0.973 bits per heavy atom. The number of imidazole rings is 1. The molecule has 0 spiro atoms. The summed E-state index contributed by atoms with van der Waals surface area (Å²) in [6, 6.07) is -17.7. The van der Waals surface area contributed by atoms with E-state index in [-0.39, 0.29) is 164 Å². The molecule has 0 aliphatic carbocycles. The van der Waals surface area contributed by atoms with Gasteiger partial charge in [-0.25, -0.2) is 9.78 Å². The molecule has 0 bridgehead atoms. The Labute approximate surface area is 854 Å². The monoisotopic (exact) mass is 2080 g/mol. The highest BCUT2D eigenvalue weighted by molar-refractivity contribution is 6.02. The SMILES string of the molecule is CC(C)C[C@H](NC(=O)CNC(=O)[C@H](CCCNC(=N)N)NC(=O)[C@H](C)NC(=O)[C@H](C)NC(=O)[C@H](CCCNC(=N)N)NC(=O)[C@H](CC(C)C)NC(=O)[C@@H](NC(=O)[C@H](CC(C)C)NC(=O)[C@H](CC(C)C)NC(=O)[C@H](CO)NC(=O)[C@H](CCCNC(=N)N)NC(=O)CNC(=O)CN)C(C)C)C(=O)N[C@@H](Cc1ccc(O)cc1)C(=O)N[C@@H](CCCNC(=N)N)C(=O)N[C@@H](CC(C)C)C(=O)N[C@@H](C)C(=O)N[C@@H](Cc1c[nH]cn1)C(=O)O. The molecule has 55 heteroatoms. The number of carboxylic acids is 1. The van der Waals surface area contributed by atoms with Gasteiger partial charge in [0.25, 0.3) is 0 Å². The van der Waals surface area contributed by atoms with E-state index in [4.69, 9.17) is 50.3 Å². The second kappa shape index (κ2) is 67.0. The number of phenols is 1. The molecule has 0 aliphatic heterocycles. The average Bonchev–Trinajstić information content (AvgIpc) is 1.08. The molecule has 1 aromatic carbocycles. The number of nitrogens with one attached hydrogen (secondary N) is 27. The molecule has 0 saturated carbocycles. The van der Waals surface area contributed by atoms with Crippen LogP contribution in [0.5, 0.6) is 5.75 Å². The fourth-order valence-electron chi connectivity index (χ4n) is 14.5. The standard InChI is InChI=1S/C92H159N33O22/c1-45(2)32-61(81(139)121-66(37-54-24-26-56(127)27-25-54)84(142)117-60(23-19-31-106-92(100)101)79(137)118-62(33-46(3)4)80(138)112-53(15)75(133)123-67(88(146)147)38-55-40-102-44-109-55)114-71(130)42-108-76(134)57(20-16-28-103-89(94)95)115-74(132)52(14)110-73(131)51(13)111-77(135)59(22-18-30-105-91(98)99)116-82(140)64(35-48(7)8)122-87(145)72(50(11)12)125-85(143)65(36-49(9)10)119-83(141)63(34-47(5)6)120-86(144)68(43-126)124-78(136)58(21-17-29-104-90(96)97)113-70(129)41-107-69(128)39-93/h24-27,40,44-53,57-68,72,126-127H,16-23,28-39,41-43,93H2,1-15H3,(H,102,109)(H,107,128)(H,108,134)(H,110,131)(H,111,135)(H,112,138)(H,113,129)(H,114,130)(H,115,132)(H,116,140)(H,117,142)(H,118,137)(H,119,141)(H,120,144)(H,121,139)(H,122,145)(H,123,133)(H,124,136)(H,125,143)(H,146,147)(H4,94,95,103)(H4,96,97,104)(H4,98,99,105)(H4,100,101,106)/t51-,52-,53-,57-,58-,59-,60-,61-,62-,63-,64-,65-,66-,67-,68-,72-/m0/s1. The maximum absolute atomic E-state index is 14.8. The number of carboxylic acid groups (broad SMARTS) is 1. The van der Waals surface area contributed by atoms with E-state index in [0.717, 1.165) is 0 Å². The van der Waals surface area contributed by atoms with Crippen LogP contribution in [0.15, 0.2) is 36.8 Å². The topological polar surface area (TPSA) is 904 Å². The van der Waals surface area contributed by atoms with Crippen molar-refractivity contribution in [2.24, 2.45) is 64.2 Å². The van der Waals surface area contributed by atoms with E-state index >= 15 is 0 Å². The molecule has 147 heavy (non-hydrogen) atoms. The van der Waals surface area contributed by atoms with Gasteiger partial charge in [-0.05, 0) is 157 Å². The van der Waals surface area contributed by atoms with Crippen molar-refractivity contribution in [3.8, 4) is 5.75 Å². The fourth-order valence-corrected chi connectivity index (χ4v) is 14.5. The van der Waals surface area contributed by atoms with Crippen molar-refractivity contribution in [3.05, 3.63) is 48.0 Å². The Morgan fingerprint density at radius 2 is 0.612 bits per heavy atom. The Kier molecular flexibility index (Phi) is 58.4. The van der Waals surface area contributed by atoms with Crippen LogP contribution >= 0.6 is 0 Å². The molecular formula is C92H159N33O22. The highest BCUT2D eigenvalue weighted by atomic mass is 16.4. The molecule has 824 valence electrons. The van der Waals surface area contributed by atoms with Gasteiger partial charge in [0.2, 0.25) is 106 Å². The maximum atomic E-state index is 14.8. The summed E-state index contributed by atoms with van der Waals surface area (Å²) in [4.78, 5) is 271. The molecule has 18 amide bonds. The second-order valence-corrected chi connectivity index (χ2v) is 38.2. The van der Waals surface area contributed by atoms with Crippen molar-refractivity contribution >= 4 is 136 Å². The third-order valence-corrected chi connectivity index (χ3v) is 22.2. The number of hydrogen-bond donors (Lipinski definition) is 35. The average molecular weight is 2080 g/mol. The first-order valence-electron chi connectivity index (χ1n) is 48.9. The van der Waals surface area contributed by atoms with E-state index in [1.807, 2.05) is 0 Å². The molecule has 2 aromatic rings. The first-order chi connectivity index (χ1) is 68.9. The quantitative estimate of drug-likeness (QED) is 0.0166. The highest BCUT2D eigenvalue weighted by Gasteiger charge is 2.40. The van der Waals surface area contributed by atoms with Gasteiger partial charge < -0.3 is 166 Å². The third kappa shape index (κ3) is 52.5. The van der Waals surface area contributed by atoms with Gasteiger partial charge in [-0.2, -0.15) is 0 Å². The van der Waals surface area contributed by atoms with Gasteiger partial charge >= 0.3 is 5.97 Å². The first kappa shape index (κ1) is 128. The van der Waals surface area contributed by atoms with Crippen molar-refractivity contribution in [3.63, 3.8) is 0 Å². The van der Waals surface area contributed by atoms with Crippen LogP contribution in [0.4, 0.5) is 0 Å². The summed E-state index contributed by atoms with van der Waals surface area (Å²) in [5.41, 5.74) is 28.0. The summed E-state index contributed by atoms with van der Waals surface area (Å²) in [5, 5.41) is 117. The molecule has 0 aliphatic rings. The van der Waals surface area contributed by atoms with Gasteiger partial charge in [0, 0.05) is 45.2 Å². The predicted molar refractivity (Wildman–Crippen MR) is 541 cm³/mol. The Morgan fingerprint density at radius 1 is 0.327 bits per heavy atom. The number of benzene rings is 1. The summed E-state index contributed by atoms with van der Waals surface area (Å²) in [6.45, 7) is 21.6. The molecule has 40 N–H and O–H groups in total. The number of nitrogens with zero attached hydrogens (tertiary/aromatic N) is 1. The number of aliphatic hydroxyl groups excluding tert-OH is 1. The number of aromatic hydroxyl groups is 1. The van der Waals surface area contributed by atoms with Crippen LogP contribution in [0.1, 0.15) is 199 Å². The van der Waals surface area contributed by atoms with Crippen LogP contribution in [-0.4, -0.2) is 311 Å². The van der Waals surface area contributed by atoms with Crippen LogP contribution in [0.2, 0.25) is 0 Å². The van der Waals surface area contributed by atoms with E-state index in [2.05, 4.69) is 127 Å². The molecule has 2 rings (SSSR count). The Bertz CT molecular complexity index is 4710. The number of aromatic nitrogens is 2. The van der Waals surface area contributed by atoms with Crippen LogP contribution in [-0.2, 0) is 104 Å². The van der Waals surface area contributed by atoms with Gasteiger partial charge in [0.1, 0.15) is 102 Å². The molecule has 0 saturated heterocycles. The normalized spacial score (nSPS) is 14.4. The molecular weight excluding hydrogens is 1920 g/mol. The molecule has 0 radical (unpaired) electrons. The Hall–Kier alpha value is -14.8. The highest BCUT2D eigenvalue weighted by Crippen LogP contribution is 2.19. The van der Waals surface area contributed by atoms with Gasteiger partial charge in [-0.1, -0.05) is 95.2 Å². The molecule has 55 nitrogen and oxygen atoms in total. The molecule has 1 aromatic heterocycles. The minimum absolute atomic E-state index is 0.00242. The number of nitrogens with two attached hydrogens (primary N) is 5. The van der Waals surface area contributed by atoms with Gasteiger partial charge in [-0.15, -0.1) is 0 Å². The lowest BCUT2D eigenvalue weighted by molar-refractivity contribution is -0.142. The number of aromatic amines is 1. The van der Waals surface area contributed by atoms with Crippen LogP contribution in [0, 0.1) is 57.1 Å². The number of amides is 18. The summed E-state index contributed by atoms with van der Waals surface area (Å²) < 4.78 is 0. The summed E-state index contributed by atoms with van der Waals surface area (Å²) in [6.07, 6.45) is 1.81. The maximum Gasteiger partial charge on any atom is 0.326 e. The van der Waals surface area contributed by atoms with Crippen molar-refractivity contribution in [1.82, 2.24) is 127 Å². The van der Waals surface area contributed by atoms with Crippen molar-refractivity contribution in [2.75, 3.05) is 52.4 Å². The lowest BCUT2D eigenvalue weighted by Gasteiger charge is -2.30. The largest absolute Gasteiger partial charge is 0.508 e. The summed E-state index contributed by atoms with van der Waals surface area (Å²) >= 11 is 0. The zero-order valence-corrected chi connectivity index (χ0v) is 86.4. The van der Waals surface area contributed by atoms with E-state index in [9.17, 15) is 106 Å². The third-order valence-electron chi connectivity index (χ3n) is 22.2. The van der Waals surface area contributed by atoms with Crippen molar-refractivity contribution in [1.29, 1.82) is 21.6 Å².